The first kappa shape index (κ1) is 21.6. The predicted molar refractivity (Wildman–Crippen MR) is 123 cm³/mol. The molecule has 156 valence electrons. The van der Waals surface area contributed by atoms with Crippen molar-refractivity contribution in [2.45, 2.75) is 122 Å². The quantitative estimate of drug-likeness (QED) is 0.247. The van der Waals surface area contributed by atoms with Crippen molar-refractivity contribution < 1.29 is 0 Å². The minimum absolute atomic E-state index is 0.700. The third-order valence-electron chi connectivity index (χ3n) is 6.92. The zero-order valence-corrected chi connectivity index (χ0v) is 18.4. The van der Waals surface area contributed by atoms with Crippen LogP contribution >= 0.6 is 0 Å². The van der Waals surface area contributed by atoms with Crippen molar-refractivity contribution in [2.75, 3.05) is 0 Å². The lowest BCUT2D eigenvalue weighted by Crippen LogP contribution is -2.47. The second-order valence-electron chi connectivity index (χ2n) is 9.27. The molecule has 1 nitrogen and oxygen atoms in total. The number of unbranched alkanes of at least 4 members (excludes halogenated alkanes) is 9. The van der Waals surface area contributed by atoms with Crippen LogP contribution in [0.2, 0.25) is 0 Å². The van der Waals surface area contributed by atoms with E-state index in [9.17, 15) is 0 Å². The molecule has 0 spiro atoms. The van der Waals surface area contributed by atoms with Crippen LogP contribution in [-0.4, -0.2) is 17.0 Å². The fraction of sp³-hybridized carbons (Fsp3) is 0.704. The highest BCUT2D eigenvalue weighted by Crippen LogP contribution is 2.36. The van der Waals surface area contributed by atoms with E-state index in [1.165, 1.54) is 102 Å². The summed E-state index contributed by atoms with van der Waals surface area (Å²) >= 11 is 0. The van der Waals surface area contributed by atoms with Crippen LogP contribution in [0, 0.1) is 0 Å². The summed E-state index contributed by atoms with van der Waals surface area (Å²) in [5.74, 6) is 0. The summed E-state index contributed by atoms with van der Waals surface area (Å²) in [6.45, 7) is 3.44. The molecule has 2 aliphatic heterocycles. The smallest absolute Gasteiger partial charge is 0.0287 e. The van der Waals surface area contributed by atoms with Crippen molar-refractivity contribution in [3.05, 3.63) is 47.5 Å². The van der Waals surface area contributed by atoms with Gasteiger partial charge in [-0.1, -0.05) is 113 Å². The third kappa shape index (κ3) is 7.07. The van der Waals surface area contributed by atoms with Crippen molar-refractivity contribution in [1.29, 1.82) is 0 Å². The zero-order valence-electron chi connectivity index (χ0n) is 18.4. The minimum atomic E-state index is 0.700. The summed E-state index contributed by atoms with van der Waals surface area (Å²) in [6.07, 6.45) is 23.9. The summed E-state index contributed by atoms with van der Waals surface area (Å²) in [7, 11) is 0. The topological polar surface area (TPSA) is 3.24 Å². The highest BCUT2D eigenvalue weighted by Gasteiger charge is 2.33. The third-order valence-corrected chi connectivity index (χ3v) is 6.92. The van der Waals surface area contributed by atoms with E-state index in [1.54, 1.807) is 5.57 Å². The van der Waals surface area contributed by atoms with Crippen LogP contribution in [0.15, 0.2) is 42.0 Å². The standard InChI is InChI=1S/C27H43N/c1-2-3-4-5-6-7-8-9-10-12-18-25-21-26-19-15-20-27(22-25)28(26)23-24-16-13-11-14-17-24/h11,13-14,16-17,21,26-27H,2-10,12,15,18-20,22-23H2,1H3. The minimum Gasteiger partial charge on any atom is -0.289 e. The number of rotatable bonds is 13. The highest BCUT2D eigenvalue weighted by atomic mass is 15.2. The summed E-state index contributed by atoms with van der Waals surface area (Å²) in [5, 5.41) is 0. The van der Waals surface area contributed by atoms with Gasteiger partial charge in [0.1, 0.15) is 0 Å². The van der Waals surface area contributed by atoms with E-state index < -0.39 is 0 Å². The number of nitrogens with zero attached hydrogens (tertiary/aromatic N) is 1. The summed E-state index contributed by atoms with van der Waals surface area (Å²) < 4.78 is 0. The first-order chi connectivity index (χ1) is 13.9. The monoisotopic (exact) mass is 381 g/mol. The van der Waals surface area contributed by atoms with E-state index >= 15 is 0 Å². The van der Waals surface area contributed by atoms with Crippen molar-refractivity contribution in [2.24, 2.45) is 0 Å². The van der Waals surface area contributed by atoms with Crippen LogP contribution in [0.25, 0.3) is 0 Å². The lowest BCUT2D eigenvalue weighted by Gasteiger charge is -2.45. The molecule has 2 unspecified atom stereocenters. The molecule has 1 aromatic rings. The van der Waals surface area contributed by atoms with Crippen LogP contribution in [0.5, 0.6) is 0 Å². The van der Waals surface area contributed by atoms with Gasteiger partial charge in [-0.05, 0) is 37.7 Å². The Morgan fingerprint density at radius 3 is 2.18 bits per heavy atom. The van der Waals surface area contributed by atoms with E-state index in [1.807, 2.05) is 0 Å². The molecule has 0 aromatic heterocycles. The molecule has 2 aliphatic rings. The molecule has 2 atom stereocenters. The Balaban J connectivity index is 1.33. The first-order valence-corrected chi connectivity index (χ1v) is 12.4. The molecule has 3 rings (SSSR count). The van der Waals surface area contributed by atoms with Crippen LogP contribution in [0.1, 0.15) is 109 Å². The van der Waals surface area contributed by atoms with E-state index in [2.05, 4.69) is 48.2 Å². The molecule has 1 heteroatoms. The Bertz CT molecular complexity index is 561. The van der Waals surface area contributed by atoms with Gasteiger partial charge in [0.15, 0.2) is 0 Å². The van der Waals surface area contributed by atoms with Gasteiger partial charge in [-0.25, -0.2) is 0 Å². The molecule has 0 saturated carbocycles. The molecule has 0 amide bonds. The molecule has 2 bridgehead atoms. The number of fused-ring (bicyclic) bond motifs is 2. The van der Waals surface area contributed by atoms with Crippen molar-refractivity contribution in [3.63, 3.8) is 0 Å². The molecular formula is C27H43N. The SMILES string of the molecule is CCCCCCCCCCCCC1=CC2CCCC(C1)N2Cc1ccccc1. The normalized spacial score (nSPS) is 22.2. The highest BCUT2D eigenvalue weighted by molar-refractivity contribution is 5.20. The molecule has 1 aromatic carbocycles. The van der Waals surface area contributed by atoms with Crippen molar-refractivity contribution in [3.8, 4) is 0 Å². The fourth-order valence-electron chi connectivity index (χ4n) is 5.27. The molecule has 28 heavy (non-hydrogen) atoms. The fourth-order valence-corrected chi connectivity index (χ4v) is 5.27. The van der Waals surface area contributed by atoms with Gasteiger partial charge in [-0.3, -0.25) is 4.90 Å². The Kier molecular flexibility index (Phi) is 9.63. The summed E-state index contributed by atoms with van der Waals surface area (Å²) in [6, 6.07) is 12.6. The summed E-state index contributed by atoms with van der Waals surface area (Å²) in [4.78, 5) is 2.79. The lowest BCUT2D eigenvalue weighted by molar-refractivity contribution is 0.0876. The Morgan fingerprint density at radius 2 is 1.50 bits per heavy atom. The maximum Gasteiger partial charge on any atom is 0.0287 e. The molecule has 0 radical (unpaired) electrons. The van der Waals surface area contributed by atoms with Gasteiger partial charge in [-0.2, -0.15) is 0 Å². The maximum absolute atomic E-state index is 2.79. The molecule has 1 saturated heterocycles. The zero-order chi connectivity index (χ0) is 19.4. The molecule has 1 fully saturated rings. The summed E-state index contributed by atoms with van der Waals surface area (Å²) in [5.41, 5.74) is 3.25. The predicted octanol–water partition coefficient (Wildman–Crippen LogP) is 8.05. The molecule has 2 heterocycles. The number of piperidine rings is 1. The Morgan fingerprint density at radius 1 is 0.821 bits per heavy atom. The van der Waals surface area contributed by atoms with Crippen molar-refractivity contribution in [1.82, 2.24) is 4.90 Å². The van der Waals surface area contributed by atoms with Crippen LogP contribution in [0.4, 0.5) is 0 Å². The van der Waals surface area contributed by atoms with E-state index in [-0.39, 0.29) is 0 Å². The van der Waals surface area contributed by atoms with Crippen LogP contribution in [0.3, 0.4) is 0 Å². The molecule has 0 aliphatic carbocycles. The van der Waals surface area contributed by atoms with E-state index in [0.29, 0.717) is 6.04 Å². The van der Waals surface area contributed by atoms with Crippen molar-refractivity contribution >= 4 is 0 Å². The second kappa shape index (κ2) is 12.5. The number of benzene rings is 1. The van der Waals surface area contributed by atoms with Crippen LogP contribution < -0.4 is 0 Å². The first-order valence-electron chi connectivity index (χ1n) is 12.4. The van der Waals surface area contributed by atoms with Gasteiger partial charge in [0.25, 0.3) is 0 Å². The Labute approximate surface area is 174 Å². The van der Waals surface area contributed by atoms with Gasteiger partial charge in [0.2, 0.25) is 0 Å². The average Bonchev–Trinajstić information content (AvgIpc) is 2.70. The van der Waals surface area contributed by atoms with Gasteiger partial charge in [0, 0.05) is 18.6 Å². The average molecular weight is 382 g/mol. The number of hydrogen-bond acceptors (Lipinski definition) is 1. The largest absolute Gasteiger partial charge is 0.289 e. The number of hydrogen-bond donors (Lipinski definition) is 0. The lowest BCUT2D eigenvalue weighted by atomic mass is 9.83. The molecular weight excluding hydrogens is 338 g/mol. The Hall–Kier alpha value is -1.08. The van der Waals surface area contributed by atoms with E-state index in [4.69, 9.17) is 0 Å². The van der Waals surface area contributed by atoms with Gasteiger partial charge in [-0.15, -0.1) is 0 Å². The maximum atomic E-state index is 2.79. The van der Waals surface area contributed by atoms with E-state index in [0.717, 1.165) is 12.6 Å². The molecule has 0 N–H and O–H groups in total. The van der Waals surface area contributed by atoms with Gasteiger partial charge < -0.3 is 0 Å². The second-order valence-corrected chi connectivity index (χ2v) is 9.27. The van der Waals surface area contributed by atoms with Gasteiger partial charge in [0.05, 0.1) is 0 Å². The van der Waals surface area contributed by atoms with Crippen LogP contribution in [-0.2, 0) is 6.54 Å². The van der Waals surface area contributed by atoms with Gasteiger partial charge >= 0.3 is 0 Å².